The van der Waals surface area contributed by atoms with Gasteiger partial charge < -0.3 is 19.9 Å². The number of nitrogens with zero attached hydrogens (tertiary/aromatic N) is 6. The van der Waals surface area contributed by atoms with Crippen LogP contribution in [-0.4, -0.2) is 90.4 Å². The number of hydrogen-bond acceptors (Lipinski definition) is 9. The van der Waals surface area contributed by atoms with Gasteiger partial charge in [-0.05, 0) is 75.6 Å². The van der Waals surface area contributed by atoms with Gasteiger partial charge in [0.05, 0.1) is 34.6 Å². The highest BCUT2D eigenvalue weighted by atomic mass is 32.2. The van der Waals surface area contributed by atoms with Crippen molar-refractivity contribution in [2.75, 3.05) is 54.4 Å². The predicted molar refractivity (Wildman–Crippen MR) is 172 cm³/mol. The van der Waals surface area contributed by atoms with Gasteiger partial charge in [-0.15, -0.1) is 0 Å². The van der Waals surface area contributed by atoms with Gasteiger partial charge in [-0.2, -0.15) is 4.31 Å². The van der Waals surface area contributed by atoms with Crippen molar-refractivity contribution in [2.24, 2.45) is 0 Å². The van der Waals surface area contributed by atoms with Crippen LogP contribution in [0.4, 0.5) is 27.7 Å². The molecule has 0 unspecified atom stereocenters. The van der Waals surface area contributed by atoms with E-state index in [4.69, 9.17) is 4.74 Å². The van der Waals surface area contributed by atoms with Crippen LogP contribution in [0.5, 0.6) is 0 Å². The minimum absolute atomic E-state index is 0.0248. The first kappa shape index (κ1) is 31.4. The highest BCUT2D eigenvalue weighted by molar-refractivity contribution is 7.89. The van der Waals surface area contributed by atoms with Crippen LogP contribution < -0.4 is 15.1 Å². The van der Waals surface area contributed by atoms with E-state index in [9.17, 15) is 22.8 Å². The van der Waals surface area contributed by atoms with Gasteiger partial charge in [0.2, 0.25) is 15.9 Å². The molecule has 0 aliphatic carbocycles. The van der Waals surface area contributed by atoms with E-state index in [-0.39, 0.29) is 34.8 Å². The molecule has 1 N–H and O–H groups in total. The van der Waals surface area contributed by atoms with Crippen LogP contribution in [-0.2, 0) is 26.0 Å². The third-order valence-electron chi connectivity index (χ3n) is 8.10. The van der Waals surface area contributed by atoms with E-state index in [1.807, 2.05) is 20.8 Å². The molecular formula is C32H37N7O6S. The number of fused-ring (bicyclic) bond motifs is 1. The number of carbonyl (C=O) groups is 3. The van der Waals surface area contributed by atoms with E-state index in [2.05, 4.69) is 20.2 Å². The Hall–Kier alpha value is -4.56. The Balaban J connectivity index is 1.16. The SMILES string of the molecule is CC(C)(C)OC(=O)N1CCN(c2ccncc2NC(=O)c2cccc(N3C(=O)Cc4cc(S(=O)(=O)N5CCCC5)ccc43)n2)CC1. The van der Waals surface area contributed by atoms with E-state index in [1.54, 1.807) is 53.7 Å². The molecule has 0 bridgehead atoms. The molecule has 3 amide bonds. The maximum absolute atomic E-state index is 13.4. The number of piperazine rings is 1. The number of hydrogen-bond donors (Lipinski definition) is 1. The molecule has 1 aromatic carbocycles. The molecule has 0 atom stereocenters. The van der Waals surface area contributed by atoms with Crippen molar-refractivity contribution >= 4 is 50.8 Å². The Bertz CT molecular complexity index is 1780. The second-order valence-electron chi connectivity index (χ2n) is 12.5. The molecule has 46 heavy (non-hydrogen) atoms. The lowest BCUT2D eigenvalue weighted by Gasteiger charge is -2.37. The first-order chi connectivity index (χ1) is 21.9. The van der Waals surface area contributed by atoms with Crippen LogP contribution in [0, 0.1) is 0 Å². The molecule has 2 fully saturated rings. The minimum atomic E-state index is -3.63. The summed E-state index contributed by atoms with van der Waals surface area (Å²) in [5.41, 5.74) is 1.89. The highest BCUT2D eigenvalue weighted by Gasteiger charge is 2.34. The fourth-order valence-corrected chi connectivity index (χ4v) is 7.43. The van der Waals surface area contributed by atoms with Gasteiger partial charge in [0, 0.05) is 45.5 Å². The zero-order valence-corrected chi connectivity index (χ0v) is 26.9. The number of amides is 3. The zero-order valence-electron chi connectivity index (χ0n) is 26.1. The average molecular weight is 648 g/mol. The van der Waals surface area contributed by atoms with E-state index in [1.165, 1.54) is 15.3 Å². The first-order valence-electron chi connectivity index (χ1n) is 15.3. The normalized spacial score (nSPS) is 17.3. The molecule has 242 valence electrons. The molecule has 14 heteroatoms. The number of nitrogens with one attached hydrogen (secondary N) is 1. The lowest BCUT2D eigenvalue weighted by Crippen LogP contribution is -2.50. The minimum Gasteiger partial charge on any atom is -0.444 e. The summed E-state index contributed by atoms with van der Waals surface area (Å²) in [4.78, 5) is 53.1. The van der Waals surface area contributed by atoms with Crippen LogP contribution in [0.15, 0.2) is 59.8 Å². The summed E-state index contributed by atoms with van der Waals surface area (Å²) in [5.74, 6) is -0.491. The Kier molecular flexibility index (Phi) is 8.42. The molecule has 5 heterocycles. The van der Waals surface area contributed by atoms with Crippen LogP contribution in [0.3, 0.4) is 0 Å². The smallest absolute Gasteiger partial charge is 0.410 e. The molecule has 0 radical (unpaired) electrons. The van der Waals surface area contributed by atoms with Crippen molar-refractivity contribution in [3.8, 4) is 0 Å². The van der Waals surface area contributed by atoms with Gasteiger partial charge in [0.15, 0.2) is 0 Å². The van der Waals surface area contributed by atoms with E-state index in [0.29, 0.717) is 56.2 Å². The van der Waals surface area contributed by atoms with Gasteiger partial charge >= 0.3 is 6.09 Å². The van der Waals surface area contributed by atoms with E-state index in [0.717, 1.165) is 18.5 Å². The Morgan fingerprint density at radius 2 is 1.67 bits per heavy atom. The summed E-state index contributed by atoms with van der Waals surface area (Å²) in [6.07, 6.45) is 4.54. The van der Waals surface area contributed by atoms with Crippen LogP contribution >= 0.6 is 0 Å². The predicted octanol–water partition coefficient (Wildman–Crippen LogP) is 3.79. The third-order valence-corrected chi connectivity index (χ3v) is 9.99. The molecule has 13 nitrogen and oxygen atoms in total. The van der Waals surface area contributed by atoms with E-state index < -0.39 is 21.5 Å². The van der Waals surface area contributed by atoms with Crippen LogP contribution in [0.25, 0.3) is 0 Å². The van der Waals surface area contributed by atoms with Gasteiger partial charge in [-0.3, -0.25) is 19.5 Å². The number of sulfonamides is 1. The molecule has 3 aliphatic rings. The van der Waals surface area contributed by atoms with Crippen molar-refractivity contribution in [1.82, 2.24) is 19.2 Å². The van der Waals surface area contributed by atoms with Crippen molar-refractivity contribution < 1.29 is 27.5 Å². The van der Waals surface area contributed by atoms with Crippen LogP contribution in [0.1, 0.15) is 49.7 Å². The molecule has 2 saturated heterocycles. The number of aromatic nitrogens is 2. The topological polar surface area (TPSA) is 145 Å². The van der Waals surface area contributed by atoms with Gasteiger partial charge in [-0.1, -0.05) is 6.07 Å². The maximum Gasteiger partial charge on any atom is 0.410 e. The average Bonchev–Trinajstić information content (AvgIpc) is 3.69. The quantitative estimate of drug-likeness (QED) is 0.422. The summed E-state index contributed by atoms with van der Waals surface area (Å²) in [7, 11) is -3.63. The molecule has 3 aliphatic heterocycles. The summed E-state index contributed by atoms with van der Waals surface area (Å²) in [6.45, 7) is 8.49. The second-order valence-corrected chi connectivity index (χ2v) is 14.4. The lowest BCUT2D eigenvalue weighted by atomic mass is 10.2. The van der Waals surface area contributed by atoms with E-state index >= 15 is 0 Å². The second kappa shape index (κ2) is 12.3. The summed E-state index contributed by atoms with van der Waals surface area (Å²) >= 11 is 0. The van der Waals surface area contributed by atoms with Gasteiger partial charge in [0.1, 0.15) is 17.1 Å². The highest BCUT2D eigenvalue weighted by Crippen LogP contribution is 2.37. The first-order valence-corrected chi connectivity index (χ1v) is 16.8. The number of rotatable bonds is 6. The largest absolute Gasteiger partial charge is 0.444 e. The monoisotopic (exact) mass is 647 g/mol. The molecule has 2 aromatic heterocycles. The fraction of sp³-hybridized carbons (Fsp3) is 0.406. The summed E-state index contributed by atoms with van der Waals surface area (Å²) < 4.78 is 33.2. The number of pyridine rings is 2. The number of anilines is 4. The Labute approximate surface area is 268 Å². The van der Waals surface area contributed by atoms with Crippen molar-refractivity contribution in [3.63, 3.8) is 0 Å². The lowest BCUT2D eigenvalue weighted by molar-refractivity contribution is -0.116. The maximum atomic E-state index is 13.4. The number of ether oxygens (including phenoxy) is 1. The van der Waals surface area contributed by atoms with Gasteiger partial charge in [0.25, 0.3) is 5.91 Å². The molecule has 0 spiro atoms. The number of carbonyl (C=O) groups excluding carboxylic acids is 3. The zero-order chi connectivity index (χ0) is 32.6. The summed E-state index contributed by atoms with van der Waals surface area (Å²) in [5, 5.41) is 2.90. The standard InChI is InChI=1S/C32H37N7O6S/c1-32(2,3)45-31(42)37-17-15-36(16-18-37)27-11-12-33-21-25(27)35-30(41)24-7-6-8-28(34-24)39-26-10-9-23(19-22(26)20-29(39)40)46(43,44)38-13-4-5-14-38/h6-12,19,21H,4-5,13-18,20H2,1-3H3,(H,35,41). The van der Waals surface area contributed by atoms with Gasteiger partial charge in [-0.25, -0.2) is 18.2 Å². The number of benzene rings is 1. The summed E-state index contributed by atoms with van der Waals surface area (Å²) in [6, 6.07) is 11.4. The molecule has 6 rings (SSSR count). The molecule has 3 aromatic rings. The van der Waals surface area contributed by atoms with Crippen molar-refractivity contribution in [2.45, 2.75) is 50.5 Å². The Morgan fingerprint density at radius 1 is 0.935 bits per heavy atom. The fourth-order valence-electron chi connectivity index (χ4n) is 5.86. The van der Waals surface area contributed by atoms with Crippen LogP contribution in [0.2, 0.25) is 0 Å². The van der Waals surface area contributed by atoms with Crippen molar-refractivity contribution in [1.29, 1.82) is 0 Å². The van der Waals surface area contributed by atoms with Crippen molar-refractivity contribution in [3.05, 3.63) is 66.1 Å². The molecule has 0 saturated carbocycles. The Morgan fingerprint density at radius 3 is 2.39 bits per heavy atom. The molecular weight excluding hydrogens is 610 g/mol. The third kappa shape index (κ3) is 6.40.